The van der Waals surface area contributed by atoms with Crippen molar-refractivity contribution in [2.24, 2.45) is 0 Å². The summed E-state index contributed by atoms with van der Waals surface area (Å²) in [6, 6.07) is 17.4. The zero-order valence-electron chi connectivity index (χ0n) is 17.9. The number of rotatable bonds is 3. The number of anilines is 1. The van der Waals surface area contributed by atoms with E-state index in [1.807, 2.05) is 54.6 Å². The molecule has 32 heavy (non-hydrogen) atoms. The van der Waals surface area contributed by atoms with Gasteiger partial charge in [-0.15, -0.1) is 0 Å². The molecule has 2 aromatic rings. The molecule has 2 amide bonds. The molecule has 0 bridgehead atoms. The van der Waals surface area contributed by atoms with E-state index in [-0.39, 0.29) is 11.4 Å². The molecule has 5 rings (SSSR count). The lowest BCUT2D eigenvalue weighted by atomic mass is 9.74. The first kappa shape index (κ1) is 20.8. The molecule has 168 valence electrons. The van der Waals surface area contributed by atoms with Crippen LogP contribution in [0.5, 0.6) is 0 Å². The van der Waals surface area contributed by atoms with Crippen molar-refractivity contribution in [2.45, 2.75) is 18.3 Å². The molecule has 0 aromatic heterocycles. The largest absolute Gasteiger partial charge is 0.393 e. The maximum absolute atomic E-state index is 12.8. The van der Waals surface area contributed by atoms with Gasteiger partial charge in [0.2, 0.25) is 10.0 Å². The summed E-state index contributed by atoms with van der Waals surface area (Å²) in [7, 11) is -3.35. The number of hydroxylamine groups is 1. The van der Waals surface area contributed by atoms with Gasteiger partial charge in [0.05, 0.1) is 18.5 Å². The van der Waals surface area contributed by atoms with Gasteiger partial charge >= 0.3 is 6.03 Å². The van der Waals surface area contributed by atoms with Crippen molar-refractivity contribution in [3.63, 3.8) is 0 Å². The summed E-state index contributed by atoms with van der Waals surface area (Å²) in [5.74, 6) is 0. The Hall–Kier alpha value is -3.04. The van der Waals surface area contributed by atoms with E-state index in [1.165, 1.54) is 15.7 Å². The summed E-state index contributed by atoms with van der Waals surface area (Å²) in [4.78, 5) is 20.1. The average Bonchev–Trinajstić information content (AvgIpc) is 3.38. The smallest absolute Gasteiger partial charge is 0.334 e. The second kappa shape index (κ2) is 7.83. The summed E-state index contributed by atoms with van der Waals surface area (Å²) in [5, 5.41) is 1.44. The number of fused-ring (bicyclic) bond motifs is 2. The van der Waals surface area contributed by atoms with Crippen LogP contribution in [0.3, 0.4) is 0 Å². The minimum absolute atomic E-state index is 0.214. The van der Waals surface area contributed by atoms with Gasteiger partial charge in [0.25, 0.3) is 0 Å². The van der Waals surface area contributed by atoms with Crippen LogP contribution in [0.4, 0.5) is 10.5 Å². The predicted molar refractivity (Wildman–Crippen MR) is 122 cm³/mol. The fraction of sp³-hybridized carbons (Fsp3) is 0.348. The van der Waals surface area contributed by atoms with Crippen LogP contribution in [0.25, 0.3) is 5.57 Å². The van der Waals surface area contributed by atoms with Gasteiger partial charge < -0.3 is 9.74 Å². The number of para-hydroxylation sites is 1. The molecule has 1 saturated heterocycles. The molecular formula is C23H26N4O4S. The van der Waals surface area contributed by atoms with Gasteiger partial charge in [0.15, 0.2) is 0 Å². The lowest BCUT2D eigenvalue weighted by molar-refractivity contribution is -0.110. The zero-order chi connectivity index (χ0) is 22.3. The number of nitrogens with one attached hydrogen (secondary N) is 1. The normalized spacial score (nSPS) is 20.1. The Labute approximate surface area is 188 Å². The van der Waals surface area contributed by atoms with Gasteiger partial charge in [-0.1, -0.05) is 48.5 Å². The zero-order valence-corrected chi connectivity index (χ0v) is 18.7. The second-order valence-electron chi connectivity index (χ2n) is 8.62. The van der Waals surface area contributed by atoms with Crippen molar-refractivity contribution in [3.05, 3.63) is 72.0 Å². The molecule has 0 unspecified atom stereocenters. The quantitative estimate of drug-likeness (QED) is 0.771. The van der Waals surface area contributed by atoms with E-state index in [2.05, 4.69) is 5.43 Å². The Morgan fingerprint density at radius 3 is 2.44 bits per heavy atom. The number of sulfonamides is 1. The third-order valence-corrected chi connectivity index (χ3v) is 7.73. The molecule has 2 aromatic carbocycles. The molecule has 0 aliphatic carbocycles. The number of hydrogen-bond donors (Lipinski definition) is 1. The lowest BCUT2D eigenvalue weighted by Crippen LogP contribution is -2.53. The molecular weight excluding hydrogens is 428 g/mol. The van der Waals surface area contributed by atoms with Crippen LogP contribution < -0.4 is 9.73 Å². The molecule has 3 aliphatic rings. The molecule has 1 spiro atoms. The maximum atomic E-state index is 12.8. The second-order valence-corrected chi connectivity index (χ2v) is 10.5. The van der Waals surface area contributed by atoms with Crippen LogP contribution in [0, 0.1) is 0 Å². The molecule has 0 atom stereocenters. The summed E-state index contributed by atoms with van der Waals surface area (Å²) in [6.07, 6.45) is 4.31. The van der Waals surface area contributed by atoms with Crippen molar-refractivity contribution < 1.29 is 18.0 Å². The van der Waals surface area contributed by atoms with E-state index < -0.39 is 10.0 Å². The minimum atomic E-state index is -3.35. The molecule has 1 N–H and O–H groups in total. The standard InChI is InChI=1S/C23H26N4O4S/c1-32(29,30)26-17-23(20-9-5-6-10-21(20)26)11-13-25(14-12-23)22(28)24-27-15-19(16-31-27)18-7-3-2-4-8-18/h2-10,16H,11-15,17H2,1H3,(H,24,28). The van der Waals surface area contributed by atoms with E-state index >= 15 is 0 Å². The average molecular weight is 455 g/mol. The third-order valence-electron chi connectivity index (χ3n) is 6.60. The highest BCUT2D eigenvalue weighted by atomic mass is 32.2. The van der Waals surface area contributed by atoms with Crippen LogP contribution in [0.15, 0.2) is 60.9 Å². The molecule has 3 heterocycles. The highest BCUT2D eigenvalue weighted by Crippen LogP contribution is 2.47. The number of benzene rings is 2. The first-order valence-electron chi connectivity index (χ1n) is 10.7. The van der Waals surface area contributed by atoms with E-state index in [1.54, 1.807) is 11.2 Å². The Morgan fingerprint density at radius 1 is 1.03 bits per heavy atom. The van der Waals surface area contributed by atoms with Crippen LogP contribution >= 0.6 is 0 Å². The van der Waals surface area contributed by atoms with Gasteiger partial charge in [-0.2, -0.15) is 0 Å². The highest BCUT2D eigenvalue weighted by molar-refractivity contribution is 7.92. The van der Waals surface area contributed by atoms with Crippen molar-refractivity contribution in [1.82, 2.24) is 15.5 Å². The molecule has 0 radical (unpaired) electrons. The van der Waals surface area contributed by atoms with Crippen molar-refractivity contribution >= 4 is 27.3 Å². The number of hydrogen-bond acceptors (Lipinski definition) is 5. The topological polar surface area (TPSA) is 82.2 Å². The Morgan fingerprint density at radius 2 is 1.72 bits per heavy atom. The van der Waals surface area contributed by atoms with Gasteiger partial charge in [0.1, 0.15) is 6.26 Å². The van der Waals surface area contributed by atoms with Crippen LogP contribution in [0.2, 0.25) is 0 Å². The predicted octanol–water partition coefficient (Wildman–Crippen LogP) is 2.71. The summed E-state index contributed by atoms with van der Waals surface area (Å²) in [6.45, 7) is 1.99. The monoisotopic (exact) mass is 454 g/mol. The third kappa shape index (κ3) is 3.71. The van der Waals surface area contributed by atoms with E-state index in [0.29, 0.717) is 39.0 Å². The minimum Gasteiger partial charge on any atom is -0.393 e. The maximum Gasteiger partial charge on any atom is 0.334 e. The number of piperidine rings is 1. The molecule has 0 saturated carbocycles. The van der Waals surface area contributed by atoms with Gasteiger partial charge in [-0.25, -0.2) is 18.6 Å². The van der Waals surface area contributed by atoms with E-state index in [4.69, 9.17) is 4.84 Å². The Bertz CT molecular complexity index is 1160. The fourth-order valence-electron chi connectivity index (χ4n) is 4.86. The molecule has 3 aliphatic heterocycles. The number of carbonyl (C=O) groups is 1. The summed E-state index contributed by atoms with van der Waals surface area (Å²) < 4.78 is 26.2. The number of hydrazine groups is 1. The SMILES string of the molecule is CS(=O)(=O)N1CC2(CCN(C(=O)NN3CC(c4ccccc4)=CO3)CC2)c2ccccc21. The number of nitrogens with zero attached hydrogens (tertiary/aromatic N) is 3. The van der Waals surface area contributed by atoms with Crippen LogP contribution in [-0.2, 0) is 20.3 Å². The highest BCUT2D eigenvalue weighted by Gasteiger charge is 2.47. The van der Waals surface area contributed by atoms with Crippen LogP contribution in [-0.4, -0.2) is 57.0 Å². The number of carbonyl (C=O) groups excluding carboxylic acids is 1. The lowest BCUT2D eigenvalue weighted by Gasteiger charge is -2.40. The van der Waals surface area contributed by atoms with Crippen molar-refractivity contribution in [1.29, 1.82) is 0 Å². The number of likely N-dealkylation sites (tertiary alicyclic amines) is 1. The summed E-state index contributed by atoms with van der Waals surface area (Å²) >= 11 is 0. The van der Waals surface area contributed by atoms with Crippen molar-refractivity contribution in [2.75, 3.05) is 36.7 Å². The number of urea groups is 1. The van der Waals surface area contributed by atoms with Gasteiger partial charge in [0, 0.05) is 30.6 Å². The molecule has 1 fully saturated rings. The van der Waals surface area contributed by atoms with Gasteiger partial charge in [-0.05, 0) is 35.2 Å². The van der Waals surface area contributed by atoms with E-state index in [0.717, 1.165) is 22.4 Å². The van der Waals surface area contributed by atoms with E-state index in [9.17, 15) is 13.2 Å². The van der Waals surface area contributed by atoms with Crippen LogP contribution in [0.1, 0.15) is 24.0 Å². The van der Waals surface area contributed by atoms with Crippen molar-refractivity contribution in [3.8, 4) is 0 Å². The number of amides is 2. The fourth-order valence-corrected chi connectivity index (χ4v) is 5.86. The Kier molecular flexibility index (Phi) is 5.10. The Balaban J connectivity index is 1.22. The molecule has 9 heteroatoms. The van der Waals surface area contributed by atoms with Gasteiger partial charge in [-0.3, -0.25) is 4.31 Å². The molecule has 8 nitrogen and oxygen atoms in total. The summed E-state index contributed by atoms with van der Waals surface area (Å²) in [5.41, 5.74) is 6.43. The first-order chi connectivity index (χ1) is 15.4. The first-order valence-corrected chi connectivity index (χ1v) is 12.5.